The van der Waals surface area contributed by atoms with Crippen LogP contribution in [-0.4, -0.2) is 49.2 Å². The van der Waals surface area contributed by atoms with Crippen molar-refractivity contribution in [3.05, 3.63) is 11.1 Å². The van der Waals surface area contributed by atoms with Gasteiger partial charge >= 0.3 is 0 Å². The molecule has 1 saturated heterocycles. The average Bonchev–Trinajstić information content (AvgIpc) is 2.77. The highest BCUT2D eigenvalue weighted by Crippen LogP contribution is 2.24. The van der Waals surface area contributed by atoms with E-state index in [9.17, 15) is 0 Å². The topological polar surface area (TPSA) is 45.4 Å². The summed E-state index contributed by atoms with van der Waals surface area (Å²) < 4.78 is 0. The van der Waals surface area contributed by atoms with Crippen LogP contribution in [0.2, 0.25) is 0 Å². The predicted molar refractivity (Wildman–Crippen MR) is 69.2 cm³/mol. The molecule has 1 aromatic rings. The maximum atomic E-state index is 5.84. The van der Waals surface area contributed by atoms with Gasteiger partial charge in [-0.3, -0.25) is 0 Å². The molecule has 1 atom stereocenters. The summed E-state index contributed by atoms with van der Waals surface area (Å²) >= 11 is 1.74. The maximum absolute atomic E-state index is 5.84. The van der Waals surface area contributed by atoms with Gasteiger partial charge in [-0.1, -0.05) is 6.92 Å². The van der Waals surface area contributed by atoms with E-state index in [1.54, 1.807) is 11.3 Å². The zero-order valence-electron chi connectivity index (χ0n) is 10.0. The fourth-order valence-electron chi connectivity index (χ4n) is 2.05. The Kier molecular flexibility index (Phi) is 3.78. The fourth-order valence-corrected chi connectivity index (χ4v) is 3.06. The van der Waals surface area contributed by atoms with Gasteiger partial charge in [0.15, 0.2) is 5.13 Å². The molecule has 0 radical (unpaired) electrons. The van der Waals surface area contributed by atoms with Crippen LogP contribution >= 0.6 is 11.3 Å². The normalized spacial score (nSPS) is 22.7. The molecule has 90 valence electrons. The number of aromatic nitrogens is 1. The van der Waals surface area contributed by atoms with Gasteiger partial charge < -0.3 is 15.5 Å². The summed E-state index contributed by atoms with van der Waals surface area (Å²) in [5, 5.41) is 3.29. The number of anilines is 1. The lowest BCUT2D eigenvalue weighted by Gasteiger charge is -2.39. The van der Waals surface area contributed by atoms with Crippen LogP contribution in [0.4, 0.5) is 5.13 Å². The lowest BCUT2D eigenvalue weighted by molar-refractivity contribution is 0.269. The van der Waals surface area contributed by atoms with E-state index in [0.29, 0.717) is 12.6 Å². The first-order chi connectivity index (χ1) is 7.74. The second-order valence-electron chi connectivity index (χ2n) is 4.32. The Morgan fingerprint density at radius 1 is 1.56 bits per heavy atom. The number of hydrogen-bond donors (Lipinski definition) is 1. The molecule has 16 heavy (non-hydrogen) atoms. The first kappa shape index (κ1) is 11.8. The number of nitrogens with zero attached hydrogens (tertiary/aromatic N) is 3. The molecule has 0 spiro atoms. The van der Waals surface area contributed by atoms with Crippen molar-refractivity contribution in [1.82, 2.24) is 9.88 Å². The van der Waals surface area contributed by atoms with Crippen LogP contribution in [0.15, 0.2) is 5.38 Å². The minimum Gasteiger partial charge on any atom is -0.341 e. The molecule has 1 aliphatic rings. The first-order valence-corrected chi connectivity index (χ1v) is 6.72. The lowest BCUT2D eigenvalue weighted by atomic mass is 10.2. The number of nitrogens with two attached hydrogens (primary N) is 1. The van der Waals surface area contributed by atoms with Crippen molar-refractivity contribution in [2.45, 2.75) is 19.4 Å². The third kappa shape index (κ3) is 2.36. The van der Waals surface area contributed by atoms with Crippen LogP contribution in [0.1, 0.15) is 12.6 Å². The molecule has 0 saturated carbocycles. The van der Waals surface area contributed by atoms with E-state index in [0.717, 1.165) is 31.2 Å². The van der Waals surface area contributed by atoms with Gasteiger partial charge in [0.2, 0.25) is 0 Å². The van der Waals surface area contributed by atoms with Gasteiger partial charge in [-0.15, -0.1) is 11.3 Å². The van der Waals surface area contributed by atoms with Crippen LogP contribution in [0.3, 0.4) is 0 Å². The van der Waals surface area contributed by atoms with E-state index in [1.165, 1.54) is 5.69 Å². The maximum Gasteiger partial charge on any atom is 0.185 e. The highest BCUT2D eigenvalue weighted by atomic mass is 32.1. The van der Waals surface area contributed by atoms with Crippen molar-refractivity contribution in [3.63, 3.8) is 0 Å². The molecule has 1 unspecified atom stereocenters. The average molecular weight is 240 g/mol. The van der Waals surface area contributed by atoms with Crippen LogP contribution < -0.4 is 10.6 Å². The number of rotatable bonds is 3. The Hall–Kier alpha value is -0.650. The lowest BCUT2D eigenvalue weighted by Crippen LogP contribution is -2.55. The predicted octanol–water partition coefficient (Wildman–Crippen LogP) is 0.785. The Labute approximate surface area is 101 Å². The summed E-state index contributed by atoms with van der Waals surface area (Å²) in [7, 11) is 2.15. The van der Waals surface area contributed by atoms with Gasteiger partial charge in [0.05, 0.1) is 11.7 Å². The number of aryl methyl sites for hydroxylation is 1. The smallest absolute Gasteiger partial charge is 0.185 e. The monoisotopic (exact) mass is 240 g/mol. The molecule has 5 heteroatoms. The van der Waals surface area contributed by atoms with Crippen molar-refractivity contribution < 1.29 is 0 Å². The summed E-state index contributed by atoms with van der Waals surface area (Å²) in [5.41, 5.74) is 7.03. The van der Waals surface area contributed by atoms with E-state index >= 15 is 0 Å². The van der Waals surface area contributed by atoms with Gasteiger partial charge in [-0.2, -0.15) is 0 Å². The minimum absolute atomic E-state index is 0.412. The van der Waals surface area contributed by atoms with Gasteiger partial charge in [0, 0.05) is 31.6 Å². The zero-order valence-corrected chi connectivity index (χ0v) is 10.8. The fraction of sp³-hybridized carbons (Fsp3) is 0.727. The number of thiazole rings is 1. The SMILES string of the molecule is CCc1csc(N2CCN(C)CC2CN)n1. The largest absolute Gasteiger partial charge is 0.341 e. The van der Waals surface area contributed by atoms with E-state index < -0.39 is 0 Å². The zero-order chi connectivity index (χ0) is 11.5. The summed E-state index contributed by atoms with van der Waals surface area (Å²) in [6.07, 6.45) is 1.01. The molecule has 1 aliphatic heterocycles. The van der Waals surface area contributed by atoms with E-state index in [4.69, 9.17) is 5.73 Å². The Balaban J connectivity index is 2.12. The molecular weight excluding hydrogens is 220 g/mol. The number of hydrogen-bond acceptors (Lipinski definition) is 5. The number of piperazine rings is 1. The van der Waals surface area contributed by atoms with Crippen molar-refractivity contribution in [3.8, 4) is 0 Å². The summed E-state index contributed by atoms with van der Waals surface area (Å²) in [5.74, 6) is 0. The van der Waals surface area contributed by atoms with E-state index in [2.05, 4.69) is 34.1 Å². The minimum atomic E-state index is 0.412. The number of likely N-dealkylation sites (N-methyl/N-ethyl adjacent to an activating group) is 1. The molecule has 4 nitrogen and oxygen atoms in total. The van der Waals surface area contributed by atoms with Gasteiger partial charge in [0.25, 0.3) is 0 Å². The quantitative estimate of drug-likeness (QED) is 0.848. The first-order valence-electron chi connectivity index (χ1n) is 5.84. The van der Waals surface area contributed by atoms with Gasteiger partial charge in [-0.05, 0) is 13.5 Å². The highest BCUT2D eigenvalue weighted by molar-refractivity contribution is 7.13. The standard InChI is InChI=1S/C11H20N4S/c1-3-9-8-16-11(13-9)15-5-4-14(2)7-10(15)6-12/h8,10H,3-7,12H2,1-2H3. The Bertz CT molecular complexity index is 338. The van der Waals surface area contributed by atoms with Gasteiger partial charge in [-0.25, -0.2) is 4.98 Å². The molecular formula is C11H20N4S. The molecule has 2 heterocycles. The van der Waals surface area contributed by atoms with E-state index in [-0.39, 0.29) is 0 Å². The van der Waals surface area contributed by atoms with Crippen molar-refractivity contribution in [2.24, 2.45) is 5.73 Å². The summed E-state index contributed by atoms with van der Waals surface area (Å²) in [6, 6.07) is 0.412. The van der Waals surface area contributed by atoms with Crippen LogP contribution in [0, 0.1) is 0 Å². The molecule has 0 amide bonds. The second kappa shape index (κ2) is 5.12. The third-order valence-corrected chi connectivity index (χ3v) is 4.03. The summed E-state index contributed by atoms with van der Waals surface area (Å²) in [4.78, 5) is 9.35. The highest BCUT2D eigenvalue weighted by Gasteiger charge is 2.25. The molecule has 2 N–H and O–H groups in total. The second-order valence-corrected chi connectivity index (χ2v) is 5.16. The van der Waals surface area contributed by atoms with Crippen molar-refractivity contribution >= 4 is 16.5 Å². The molecule has 1 fully saturated rings. The summed E-state index contributed by atoms with van der Waals surface area (Å²) in [6.45, 7) is 6.01. The Morgan fingerprint density at radius 2 is 2.38 bits per heavy atom. The van der Waals surface area contributed by atoms with Gasteiger partial charge in [0.1, 0.15) is 0 Å². The Morgan fingerprint density at radius 3 is 3.00 bits per heavy atom. The molecule has 0 aliphatic carbocycles. The van der Waals surface area contributed by atoms with Crippen LogP contribution in [0.25, 0.3) is 0 Å². The van der Waals surface area contributed by atoms with Crippen LogP contribution in [0.5, 0.6) is 0 Å². The van der Waals surface area contributed by atoms with Crippen LogP contribution in [-0.2, 0) is 6.42 Å². The van der Waals surface area contributed by atoms with Crippen molar-refractivity contribution in [1.29, 1.82) is 0 Å². The molecule has 1 aromatic heterocycles. The molecule has 0 aromatic carbocycles. The molecule has 2 rings (SSSR count). The van der Waals surface area contributed by atoms with Crippen molar-refractivity contribution in [2.75, 3.05) is 38.1 Å². The third-order valence-electron chi connectivity index (χ3n) is 3.11. The van der Waals surface area contributed by atoms with E-state index in [1.807, 2.05) is 0 Å². The molecule has 0 bridgehead atoms.